The van der Waals surface area contributed by atoms with E-state index in [0.717, 1.165) is 11.8 Å². The van der Waals surface area contributed by atoms with Crippen LogP contribution in [0.1, 0.15) is 23.5 Å². The van der Waals surface area contributed by atoms with E-state index in [4.69, 9.17) is 0 Å². The minimum Gasteiger partial charge on any atom is -0.361 e. The minimum absolute atomic E-state index is 0. The summed E-state index contributed by atoms with van der Waals surface area (Å²) in [6.45, 7) is 1.26. The molecule has 1 aromatic carbocycles. The number of thioether (sulfide) groups is 1. The molecular weight excluding hydrogens is 300 g/mol. The van der Waals surface area contributed by atoms with Gasteiger partial charge in [-0.15, -0.1) is 12.4 Å². The maximum atomic E-state index is 3.46. The molecular formula is C17H23ClN2S. The SMILES string of the molecule is CSC[C@@H]1C[C@@H]2c3cccc4[nH]cc(c34)C[C@H]2N(C)C1.Cl. The lowest BCUT2D eigenvalue weighted by Crippen LogP contribution is -2.48. The van der Waals surface area contributed by atoms with Crippen LogP contribution in [0.3, 0.4) is 0 Å². The number of likely N-dealkylation sites (N-methyl/N-ethyl adjacent to an activating group) is 1. The van der Waals surface area contributed by atoms with Gasteiger partial charge >= 0.3 is 0 Å². The van der Waals surface area contributed by atoms with Gasteiger partial charge in [-0.25, -0.2) is 0 Å². The van der Waals surface area contributed by atoms with Crippen LogP contribution in [0.15, 0.2) is 24.4 Å². The van der Waals surface area contributed by atoms with Crippen LogP contribution >= 0.6 is 24.2 Å². The summed E-state index contributed by atoms with van der Waals surface area (Å²) in [5.74, 6) is 2.86. The first-order valence-electron chi connectivity index (χ1n) is 7.56. The number of rotatable bonds is 2. The van der Waals surface area contributed by atoms with Crippen LogP contribution in [-0.4, -0.2) is 41.5 Å². The second-order valence-electron chi connectivity index (χ2n) is 6.46. The first-order valence-corrected chi connectivity index (χ1v) is 8.95. The second-order valence-corrected chi connectivity index (χ2v) is 7.37. The van der Waals surface area contributed by atoms with E-state index in [9.17, 15) is 0 Å². The molecule has 0 unspecified atom stereocenters. The molecule has 2 nitrogen and oxygen atoms in total. The van der Waals surface area contributed by atoms with Gasteiger partial charge in [0.2, 0.25) is 0 Å². The Balaban J connectivity index is 0.00000132. The zero-order chi connectivity index (χ0) is 13.7. The molecule has 3 atom stereocenters. The van der Waals surface area contributed by atoms with Crippen molar-refractivity contribution in [3.8, 4) is 0 Å². The Hall–Kier alpha value is -0.640. The Morgan fingerprint density at radius 1 is 1.38 bits per heavy atom. The summed E-state index contributed by atoms with van der Waals surface area (Å²) in [5.41, 5.74) is 4.44. The predicted octanol–water partition coefficient (Wildman–Crippen LogP) is 3.91. The van der Waals surface area contributed by atoms with Crippen molar-refractivity contribution in [2.24, 2.45) is 5.92 Å². The molecule has 1 aliphatic carbocycles. The number of hydrogen-bond donors (Lipinski definition) is 1. The Labute approximate surface area is 137 Å². The number of likely N-dealkylation sites (tertiary alicyclic amines) is 1. The summed E-state index contributed by atoms with van der Waals surface area (Å²) in [6.07, 6.45) is 7.04. The average molecular weight is 323 g/mol. The van der Waals surface area contributed by atoms with Crippen LogP contribution in [-0.2, 0) is 6.42 Å². The van der Waals surface area contributed by atoms with Gasteiger partial charge in [-0.3, -0.25) is 0 Å². The first kappa shape index (κ1) is 15.3. The molecule has 4 rings (SSSR count). The number of aromatic nitrogens is 1. The van der Waals surface area contributed by atoms with Crippen LogP contribution in [0.4, 0.5) is 0 Å². The van der Waals surface area contributed by atoms with Crippen LogP contribution < -0.4 is 0 Å². The third-order valence-corrected chi connectivity index (χ3v) is 6.02. The summed E-state index contributed by atoms with van der Waals surface area (Å²) in [6, 6.07) is 7.50. The molecule has 2 heterocycles. The summed E-state index contributed by atoms with van der Waals surface area (Å²) in [7, 11) is 2.32. The quantitative estimate of drug-likeness (QED) is 0.904. The molecule has 1 aliphatic heterocycles. The second kappa shape index (κ2) is 5.86. The molecule has 2 aromatic rings. The van der Waals surface area contributed by atoms with E-state index in [2.05, 4.69) is 47.6 Å². The summed E-state index contributed by atoms with van der Waals surface area (Å²) < 4.78 is 0. The Morgan fingerprint density at radius 3 is 3.05 bits per heavy atom. The highest BCUT2D eigenvalue weighted by Gasteiger charge is 2.38. The van der Waals surface area contributed by atoms with Gasteiger partial charge in [0.25, 0.3) is 0 Å². The summed E-state index contributed by atoms with van der Waals surface area (Å²) >= 11 is 2.00. The monoisotopic (exact) mass is 322 g/mol. The highest BCUT2D eigenvalue weighted by molar-refractivity contribution is 7.98. The maximum absolute atomic E-state index is 3.46. The Bertz CT molecular complexity index is 639. The summed E-state index contributed by atoms with van der Waals surface area (Å²) in [5, 5.41) is 1.52. The van der Waals surface area contributed by atoms with E-state index in [-0.39, 0.29) is 12.4 Å². The molecule has 0 spiro atoms. The molecule has 0 radical (unpaired) electrons. The number of benzene rings is 1. The lowest BCUT2D eigenvalue weighted by Gasteiger charge is -2.45. The van der Waals surface area contributed by atoms with Crippen LogP contribution in [0.5, 0.6) is 0 Å². The molecule has 1 N–H and O–H groups in total. The number of aromatic amines is 1. The van der Waals surface area contributed by atoms with Crippen molar-refractivity contribution < 1.29 is 0 Å². The minimum atomic E-state index is 0. The molecule has 1 saturated heterocycles. The summed E-state index contributed by atoms with van der Waals surface area (Å²) in [4.78, 5) is 6.07. The largest absolute Gasteiger partial charge is 0.361 e. The molecule has 1 fully saturated rings. The van der Waals surface area contributed by atoms with E-state index in [1.165, 1.54) is 41.6 Å². The normalized spacial score (nSPS) is 28.2. The van der Waals surface area contributed by atoms with Crippen LogP contribution in [0.2, 0.25) is 0 Å². The van der Waals surface area contributed by atoms with Crippen molar-refractivity contribution in [2.75, 3.05) is 25.6 Å². The van der Waals surface area contributed by atoms with Gasteiger partial charge in [0.05, 0.1) is 0 Å². The van der Waals surface area contributed by atoms with E-state index >= 15 is 0 Å². The molecule has 0 saturated carbocycles. The Kier molecular flexibility index (Phi) is 4.26. The molecule has 0 bridgehead atoms. The van der Waals surface area contributed by atoms with Crippen molar-refractivity contribution in [3.05, 3.63) is 35.5 Å². The van der Waals surface area contributed by atoms with E-state index < -0.39 is 0 Å². The van der Waals surface area contributed by atoms with E-state index in [1.54, 1.807) is 5.56 Å². The number of nitrogens with one attached hydrogen (secondary N) is 1. The van der Waals surface area contributed by atoms with Gasteiger partial charge < -0.3 is 9.88 Å². The predicted molar refractivity (Wildman–Crippen MR) is 94.9 cm³/mol. The third kappa shape index (κ3) is 2.39. The molecule has 0 amide bonds. The average Bonchev–Trinajstić information content (AvgIpc) is 2.86. The smallest absolute Gasteiger partial charge is 0.0459 e. The van der Waals surface area contributed by atoms with Gasteiger partial charge in [-0.2, -0.15) is 11.8 Å². The lowest BCUT2D eigenvalue weighted by atomic mass is 9.73. The van der Waals surface area contributed by atoms with Gasteiger partial charge in [0, 0.05) is 35.6 Å². The van der Waals surface area contributed by atoms with Gasteiger partial charge in [0.1, 0.15) is 0 Å². The number of H-pyrrole nitrogens is 1. The standard InChI is InChI=1S/C17H22N2S.ClH/c1-19-9-11(10-20-2)6-14-13-4-3-5-15-17(13)12(8-18-15)7-16(14)19;/h3-5,8,11,14,16,18H,6-7,9-10H2,1-2H3;1H/t11-,14-,16-;/m1./s1. The molecule has 1 aromatic heterocycles. The van der Waals surface area contributed by atoms with Gasteiger partial charge in [-0.05, 0) is 55.0 Å². The third-order valence-electron chi connectivity index (χ3n) is 5.21. The van der Waals surface area contributed by atoms with E-state index in [1.807, 2.05) is 11.8 Å². The van der Waals surface area contributed by atoms with E-state index in [0.29, 0.717) is 6.04 Å². The lowest BCUT2D eigenvalue weighted by molar-refractivity contribution is 0.121. The number of halogens is 1. The van der Waals surface area contributed by atoms with Crippen molar-refractivity contribution in [1.82, 2.24) is 9.88 Å². The number of hydrogen-bond acceptors (Lipinski definition) is 2. The number of fused-ring (bicyclic) bond motifs is 2. The molecule has 4 heteroatoms. The number of piperidine rings is 1. The molecule has 114 valence electrons. The highest BCUT2D eigenvalue weighted by Crippen LogP contribution is 2.44. The van der Waals surface area contributed by atoms with Crippen LogP contribution in [0, 0.1) is 5.92 Å². The van der Waals surface area contributed by atoms with Crippen molar-refractivity contribution in [2.45, 2.75) is 24.8 Å². The van der Waals surface area contributed by atoms with Crippen molar-refractivity contribution in [3.63, 3.8) is 0 Å². The zero-order valence-corrected chi connectivity index (χ0v) is 14.3. The van der Waals surface area contributed by atoms with Gasteiger partial charge in [0.15, 0.2) is 0 Å². The van der Waals surface area contributed by atoms with Gasteiger partial charge in [-0.1, -0.05) is 12.1 Å². The number of nitrogens with zero attached hydrogens (tertiary/aromatic N) is 1. The van der Waals surface area contributed by atoms with Crippen LogP contribution in [0.25, 0.3) is 10.9 Å². The first-order chi connectivity index (χ1) is 9.78. The highest BCUT2D eigenvalue weighted by atomic mass is 35.5. The van der Waals surface area contributed by atoms with Crippen molar-refractivity contribution in [1.29, 1.82) is 0 Å². The fraction of sp³-hybridized carbons (Fsp3) is 0.529. The molecule has 2 aliphatic rings. The fourth-order valence-electron chi connectivity index (χ4n) is 4.41. The molecule has 21 heavy (non-hydrogen) atoms. The van der Waals surface area contributed by atoms with Crippen molar-refractivity contribution >= 4 is 35.1 Å². The zero-order valence-electron chi connectivity index (χ0n) is 12.6. The maximum Gasteiger partial charge on any atom is 0.0459 e. The topological polar surface area (TPSA) is 19.0 Å². The Morgan fingerprint density at radius 2 is 2.24 bits per heavy atom. The fourth-order valence-corrected chi connectivity index (χ4v) is 5.12.